The maximum absolute atomic E-state index is 11.8. The molecule has 1 atom stereocenters. The summed E-state index contributed by atoms with van der Waals surface area (Å²) in [6.45, 7) is 5.08. The topological polar surface area (TPSA) is 77.2 Å². The highest BCUT2D eigenvalue weighted by atomic mass is 32.2. The number of nitrogens with one attached hydrogen (secondary N) is 1. The second-order valence-electron chi connectivity index (χ2n) is 3.82. The van der Waals surface area contributed by atoms with E-state index in [1.54, 1.807) is 7.11 Å². The van der Waals surface area contributed by atoms with Crippen LogP contribution in [0.15, 0.2) is 4.21 Å². The molecule has 0 spiro atoms. The molecule has 1 aromatic heterocycles. The summed E-state index contributed by atoms with van der Waals surface area (Å²) in [7, 11) is 1.65. The summed E-state index contributed by atoms with van der Waals surface area (Å²) >= 11 is 2.92. The van der Waals surface area contributed by atoms with Crippen molar-refractivity contribution in [3.05, 3.63) is 5.69 Å². The number of carbonyl (C=O) groups excluding carboxylic acids is 1. The summed E-state index contributed by atoms with van der Waals surface area (Å²) in [4.78, 5) is 15.9. The Bertz CT molecular complexity index is 396. The molecule has 0 bridgehead atoms. The van der Waals surface area contributed by atoms with E-state index in [1.807, 2.05) is 13.8 Å². The number of carbonyl (C=O) groups is 1. The van der Waals surface area contributed by atoms with Crippen molar-refractivity contribution >= 4 is 34.1 Å². The molecule has 1 unspecified atom stereocenters. The van der Waals surface area contributed by atoms with E-state index >= 15 is 0 Å². The molecule has 0 radical (unpaired) electrons. The van der Waals surface area contributed by atoms with Crippen LogP contribution in [0.25, 0.3) is 0 Å². The Morgan fingerprint density at radius 1 is 1.67 bits per heavy atom. The first-order valence-electron chi connectivity index (χ1n) is 5.70. The van der Waals surface area contributed by atoms with E-state index in [1.165, 1.54) is 23.1 Å². The van der Waals surface area contributed by atoms with Crippen molar-refractivity contribution in [3.8, 4) is 0 Å². The van der Waals surface area contributed by atoms with Gasteiger partial charge in [-0.05, 0) is 20.3 Å². The zero-order valence-corrected chi connectivity index (χ0v) is 12.5. The van der Waals surface area contributed by atoms with Crippen molar-refractivity contribution in [2.75, 3.05) is 26.0 Å². The molecule has 102 valence electrons. The molecule has 1 heterocycles. The number of nitrogens with two attached hydrogens (primary N) is 1. The van der Waals surface area contributed by atoms with Crippen LogP contribution in [0.4, 0.5) is 5.13 Å². The number of nitrogens with zero attached hydrogens (tertiary/aromatic N) is 1. The molecular weight excluding hydrogens is 270 g/mol. The fraction of sp³-hybridized carbons (Fsp3) is 0.636. The van der Waals surface area contributed by atoms with E-state index in [9.17, 15) is 4.79 Å². The van der Waals surface area contributed by atoms with E-state index < -0.39 is 0 Å². The van der Waals surface area contributed by atoms with Gasteiger partial charge >= 0.3 is 0 Å². The first-order chi connectivity index (χ1) is 8.54. The number of aryl methyl sites for hydroxylation is 1. The Morgan fingerprint density at radius 2 is 2.39 bits per heavy atom. The normalized spacial score (nSPS) is 12.4. The van der Waals surface area contributed by atoms with Gasteiger partial charge in [0.1, 0.15) is 0 Å². The molecule has 7 heteroatoms. The predicted molar refractivity (Wildman–Crippen MR) is 76.1 cm³/mol. The van der Waals surface area contributed by atoms with E-state index in [-0.39, 0.29) is 11.2 Å². The fourth-order valence-electron chi connectivity index (χ4n) is 1.30. The van der Waals surface area contributed by atoms with Crippen LogP contribution in [0, 0.1) is 6.92 Å². The van der Waals surface area contributed by atoms with Gasteiger partial charge in [0.05, 0.1) is 15.2 Å². The molecule has 18 heavy (non-hydrogen) atoms. The van der Waals surface area contributed by atoms with Crippen LogP contribution in [-0.4, -0.2) is 36.4 Å². The van der Waals surface area contributed by atoms with E-state index in [2.05, 4.69) is 10.3 Å². The molecule has 0 saturated heterocycles. The average Bonchev–Trinajstić information content (AvgIpc) is 2.63. The number of rotatable bonds is 7. The second-order valence-corrected chi connectivity index (χ2v) is 6.46. The number of thioether (sulfide) groups is 1. The Balaban J connectivity index is 2.37. The van der Waals surface area contributed by atoms with Crippen molar-refractivity contribution < 1.29 is 9.53 Å². The molecule has 0 saturated carbocycles. The zero-order chi connectivity index (χ0) is 13.5. The Morgan fingerprint density at radius 3 is 2.94 bits per heavy atom. The lowest BCUT2D eigenvalue weighted by atomic mass is 10.4. The monoisotopic (exact) mass is 289 g/mol. The Kier molecular flexibility index (Phi) is 6.45. The molecule has 0 aliphatic rings. The molecule has 5 nitrogen and oxygen atoms in total. The quantitative estimate of drug-likeness (QED) is 0.590. The average molecular weight is 289 g/mol. The number of thiazole rings is 1. The standard InChI is InChI=1S/C11H19N3O2S2/c1-7-10(18-11(12)14-7)17-8(2)9(15)13-5-4-6-16-3/h8H,4-6H2,1-3H3,(H2,12,14)(H,13,15). The maximum Gasteiger partial charge on any atom is 0.233 e. The summed E-state index contributed by atoms with van der Waals surface area (Å²) in [5.41, 5.74) is 6.51. The van der Waals surface area contributed by atoms with Crippen molar-refractivity contribution in [1.82, 2.24) is 10.3 Å². The SMILES string of the molecule is COCCCNC(=O)C(C)Sc1sc(N)nc1C. The van der Waals surface area contributed by atoms with Gasteiger partial charge in [-0.1, -0.05) is 11.3 Å². The molecule has 0 aliphatic heterocycles. The molecule has 1 amide bonds. The van der Waals surface area contributed by atoms with Crippen LogP contribution in [0.5, 0.6) is 0 Å². The smallest absolute Gasteiger partial charge is 0.233 e. The molecule has 1 rings (SSSR count). The Hall–Kier alpha value is -0.790. The molecular formula is C11H19N3O2S2. The third-order valence-corrected chi connectivity index (χ3v) is 4.65. The van der Waals surface area contributed by atoms with Gasteiger partial charge in [-0.3, -0.25) is 4.79 Å². The second kappa shape index (κ2) is 7.60. The van der Waals surface area contributed by atoms with Crippen LogP contribution in [-0.2, 0) is 9.53 Å². The van der Waals surface area contributed by atoms with Crippen molar-refractivity contribution in [2.24, 2.45) is 0 Å². The third-order valence-electron chi connectivity index (χ3n) is 2.25. The summed E-state index contributed by atoms with van der Waals surface area (Å²) < 4.78 is 5.93. The predicted octanol–water partition coefficient (Wildman–Crippen LogP) is 1.67. The van der Waals surface area contributed by atoms with Crippen LogP contribution in [0.3, 0.4) is 0 Å². The zero-order valence-electron chi connectivity index (χ0n) is 10.9. The van der Waals surface area contributed by atoms with Gasteiger partial charge in [0.2, 0.25) is 5.91 Å². The number of anilines is 1. The van der Waals surface area contributed by atoms with E-state index in [0.29, 0.717) is 18.3 Å². The summed E-state index contributed by atoms with van der Waals surface area (Å²) in [5.74, 6) is 0.0301. The van der Waals surface area contributed by atoms with Crippen LogP contribution >= 0.6 is 23.1 Å². The first kappa shape index (κ1) is 15.3. The van der Waals surface area contributed by atoms with E-state index in [0.717, 1.165) is 16.3 Å². The fourth-order valence-corrected chi connectivity index (χ4v) is 3.47. The van der Waals surface area contributed by atoms with Gasteiger partial charge in [0.25, 0.3) is 0 Å². The van der Waals surface area contributed by atoms with Crippen LogP contribution in [0.2, 0.25) is 0 Å². The van der Waals surface area contributed by atoms with Gasteiger partial charge in [-0.2, -0.15) is 0 Å². The van der Waals surface area contributed by atoms with Crippen LogP contribution < -0.4 is 11.1 Å². The maximum atomic E-state index is 11.8. The minimum Gasteiger partial charge on any atom is -0.385 e. The Labute approximate surface area is 115 Å². The van der Waals surface area contributed by atoms with Crippen molar-refractivity contribution in [2.45, 2.75) is 29.7 Å². The molecule has 0 aliphatic carbocycles. The summed E-state index contributed by atoms with van der Waals surface area (Å²) in [6, 6.07) is 0. The van der Waals surface area contributed by atoms with Gasteiger partial charge in [0.15, 0.2) is 5.13 Å². The lowest BCUT2D eigenvalue weighted by Gasteiger charge is -2.10. The summed E-state index contributed by atoms with van der Waals surface area (Å²) in [5, 5.41) is 3.27. The van der Waals surface area contributed by atoms with E-state index in [4.69, 9.17) is 10.5 Å². The van der Waals surface area contributed by atoms with Crippen LogP contribution in [0.1, 0.15) is 19.0 Å². The molecule has 1 aromatic rings. The van der Waals surface area contributed by atoms with Gasteiger partial charge in [-0.25, -0.2) is 4.98 Å². The number of amides is 1. The lowest BCUT2D eigenvalue weighted by molar-refractivity contribution is -0.120. The number of hydrogen-bond donors (Lipinski definition) is 2. The van der Waals surface area contributed by atoms with Gasteiger partial charge < -0.3 is 15.8 Å². The minimum atomic E-state index is -0.147. The number of aromatic nitrogens is 1. The number of methoxy groups -OCH3 is 1. The molecule has 0 fully saturated rings. The van der Waals surface area contributed by atoms with Crippen molar-refractivity contribution in [3.63, 3.8) is 0 Å². The molecule has 3 N–H and O–H groups in total. The highest BCUT2D eigenvalue weighted by Crippen LogP contribution is 2.33. The van der Waals surface area contributed by atoms with Gasteiger partial charge in [0, 0.05) is 20.3 Å². The first-order valence-corrected chi connectivity index (χ1v) is 7.40. The third kappa shape index (κ3) is 4.83. The van der Waals surface area contributed by atoms with Crippen molar-refractivity contribution in [1.29, 1.82) is 0 Å². The highest BCUT2D eigenvalue weighted by Gasteiger charge is 2.17. The minimum absolute atomic E-state index is 0.0301. The number of hydrogen-bond acceptors (Lipinski definition) is 6. The summed E-state index contributed by atoms with van der Waals surface area (Å²) in [6.07, 6.45) is 0.826. The highest BCUT2D eigenvalue weighted by molar-refractivity contribution is 8.02. The number of ether oxygens (including phenoxy) is 1. The van der Waals surface area contributed by atoms with Gasteiger partial charge in [-0.15, -0.1) is 11.8 Å². The molecule has 0 aromatic carbocycles. The number of nitrogen functional groups attached to an aromatic ring is 1. The largest absolute Gasteiger partial charge is 0.385 e. The lowest BCUT2D eigenvalue weighted by Crippen LogP contribution is -2.32.